The number of amides is 1. The Morgan fingerprint density at radius 1 is 1.12 bits per heavy atom. The smallest absolute Gasteiger partial charge is 0.220 e. The summed E-state index contributed by atoms with van der Waals surface area (Å²) in [6.07, 6.45) is 6.65. The van der Waals surface area contributed by atoms with Gasteiger partial charge in [-0.2, -0.15) is 0 Å². The average molecular weight is 362 g/mol. The van der Waals surface area contributed by atoms with Crippen molar-refractivity contribution in [2.24, 2.45) is 0 Å². The zero-order valence-corrected chi connectivity index (χ0v) is 14.9. The number of aromatic nitrogens is 3. The number of benzene rings is 1. The molecule has 0 unspecified atom stereocenters. The summed E-state index contributed by atoms with van der Waals surface area (Å²) in [6.45, 7) is 0.531. The number of rotatable bonds is 6. The molecule has 0 radical (unpaired) electrons. The number of nitrogens with zero attached hydrogens (tertiary/aromatic N) is 3. The van der Waals surface area contributed by atoms with Crippen molar-refractivity contribution in [3.05, 3.63) is 77.7 Å². The Bertz CT molecular complexity index is 1010. The van der Waals surface area contributed by atoms with Crippen molar-refractivity contribution < 1.29 is 4.79 Å². The minimum atomic E-state index is 0.0459. The lowest BCUT2D eigenvalue weighted by Crippen LogP contribution is -2.23. The van der Waals surface area contributed by atoms with Crippen molar-refractivity contribution >= 4 is 22.2 Å². The molecule has 0 fully saturated rings. The van der Waals surface area contributed by atoms with E-state index in [1.54, 1.807) is 23.7 Å². The van der Waals surface area contributed by atoms with Crippen LogP contribution in [-0.2, 0) is 17.8 Å². The summed E-state index contributed by atoms with van der Waals surface area (Å²) in [4.78, 5) is 21.7. The van der Waals surface area contributed by atoms with Gasteiger partial charge in [-0.3, -0.25) is 14.2 Å². The zero-order valence-electron chi connectivity index (χ0n) is 14.1. The number of fused-ring (bicyclic) bond motifs is 1. The molecule has 0 saturated heterocycles. The predicted molar refractivity (Wildman–Crippen MR) is 103 cm³/mol. The van der Waals surface area contributed by atoms with Gasteiger partial charge in [0, 0.05) is 48.2 Å². The van der Waals surface area contributed by atoms with Gasteiger partial charge in [-0.15, -0.1) is 11.3 Å². The summed E-state index contributed by atoms with van der Waals surface area (Å²) >= 11 is 1.60. The molecule has 0 aliphatic carbocycles. The average Bonchev–Trinajstić information content (AvgIpc) is 3.27. The van der Waals surface area contributed by atoms with E-state index < -0.39 is 0 Å². The summed E-state index contributed by atoms with van der Waals surface area (Å²) in [7, 11) is 0. The molecule has 0 bridgehead atoms. The minimum Gasteiger partial charge on any atom is -0.352 e. The van der Waals surface area contributed by atoms with Gasteiger partial charge in [0.2, 0.25) is 5.91 Å². The SMILES string of the molecule is O=C(CCc1csc2nc(-c3ccccc3)cn12)NCc1ccncc1. The molecular weight excluding hydrogens is 344 g/mol. The lowest BCUT2D eigenvalue weighted by atomic mass is 10.2. The molecule has 0 saturated carbocycles. The van der Waals surface area contributed by atoms with Gasteiger partial charge in [-0.25, -0.2) is 4.98 Å². The molecule has 26 heavy (non-hydrogen) atoms. The zero-order chi connectivity index (χ0) is 17.8. The van der Waals surface area contributed by atoms with Gasteiger partial charge in [-0.1, -0.05) is 30.3 Å². The number of nitrogens with one attached hydrogen (secondary N) is 1. The lowest BCUT2D eigenvalue weighted by Gasteiger charge is -2.05. The molecule has 4 aromatic rings. The maximum Gasteiger partial charge on any atom is 0.220 e. The highest BCUT2D eigenvalue weighted by molar-refractivity contribution is 7.15. The number of carbonyl (C=O) groups excluding carboxylic acids is 1. The van der Waals surface area contributed by atoms with Crippen LogP contribution in [0.25, 0.3) is 16.2 Å². The molecule has 1 aromatic carbocycles. The summed E-state index contributed by atoms with van der Waals surface area (Å²) in [5, 5.41) is 5.03. The summed E-state index contributed by atoms with van der Waals surface area (Å²) in [5.41, 5.74) is 4.22. The summed E-state index contributed by atoms with van der Waals surface area (Å²) < 4.78 is 2.09. The maximum absolute atomic E-state index is 12.1. The van der Waals surface area contributed by atoms with E-state index in [-0.39, 0.29) is 5.91 Å². The van der Waals surface area contributed by atoms with Gasteiger partial charge in [0.1, 0.15) is 0 Å². The van der Waals surface area contributed by atoms with Crippen molar-refractivity contribution in [3.8, 4) is 11.3 Å². The van der Waals surface area contributed by atoms with Crippen LogP contribution in [-0.4, -0.2) is 20.3 Å². The third-order valence-electron chi connectivity index (χ3n) is 4.20. The van der Waals surface area contributed by atoms with Crippen LogP contribution in [0.2, 0.25) is 0 Å². The second-order valence-electron chi connectivity index (χ2n) is 6.00. The monoisotopic (exact) mass is 362 g/mol. The fourth-order valence-corrected chi connectivity index (χ4v) is 3.70. The topological polar surface area (TPSA) is 59.3 Å². The highest BCUT2D eigenvalue weighted by atomic mass is 32.1. The van der Waals surface area contributed by atoms with Crippen LogP contribution in [0.3, 0.4) is 0 Å². The van der Waals surface area contributed by atoms with Crippen LogP contribution in [0.4, 0.5) is 0 Å². The van der Waals surface area contributed by atoms with Crippen LogP contribution in [0.5, 0.6) is 0 Å². The van der Waals surface area contributed by atoms with Crippen molar-refractivity contribution in [2.75, 3.05) is 0 Å². The van der Waals surface area contributed by atoms with Gasteiger partial charge in [-0.05, 0) is 24.1 Å². The van der Waals surface area contributed by atoms with Crippen LogP contribution in [0.1, 0.15) is 17.7 Å². The number of aryl methyl sites for hydroxylation is 1. The Labute approximate surface area is 155 Å². The first kappa shape index (κ1) is 16.5. The van der Waals surface area contributed by atoms with Crippen molar-refractivity contribution in [2.45, 2.75) is 19.4 Å². The molecule has 0 aliphatic rings. The number of carbonyl (C=O) groups is 1. The first-order valence-electron chi connectivity index (χ1n) is 8.46. The molecule has 4 rings (SSSR count). The summed E-state index contributed by atoms with van der Waals surface area (Å²) in [5.74, 6) is 0.0459. The van der Waals surface area contributed by atoms with Crippen LogP contribution >= 0.6 is 11.3 Å². The fraction of sp³-hybridized carbons (Fsp3) is 0.150. The number of thiazole rings is 1. The Morgan fingerprint density at radius 3 is 2.73 bits per heavy atom. The molecule has 5 nitrogen and oxygen atoms in total. The van der Waals surface area contributed by atoms with Crippen molar-refractivity contribution in [3.63, 3.8) is 0 Å². The van der Waals surface area contributed by atoms with E-state index >= 15 is 0 Å². The van der Waals surface area contributed by atoms with Gasteiger partial charge < -0.3 is 5.32 Å². The molecule has 0 spiro atoms. The van der Waals surface area contributed by atoms with E-state index in [2.05, 4.69) is 37.2 Å². The molecule has 6 heteroatoms. The molecule has 1 N–H and O–H groups in total. The standard InChI is InChI=1S/C20H18N4OS/c25-19(22-12-15-8-10-21-11-9-15)7-6-17-14-26-20-23-18(13-24(17)20)16-4-2-1-3-5-16/h1-5,8-11,13-14H,6-7,12H2,(H,22,25). The van der Waals surface area contributed by atoms with E-state index in [9.17, 15) is 4.79 Å². The van der Waals surface area contributed by atoms with Crippen LogP contribution < -0.4 is 5.32 Å². The normalized spacial score (nSPS) is 10.9. The summed E-state index contributed by atoms with van der Waals surface area (Å²) in [6, 6.07) is 13.9. The van der Waals surface area contributed by atoms with Crippen molar-refractivity contribution in [1.29, 1.82) is 0 Å². The highest BCUT2D eigenvalue weighted by Crippen LogP contribution is 2.24. The molecular formula is C20H18N4OS. The number of imidazole rings is 1. The van der Waals surface area contributed by atoms with Crippen LogP contribution in [0, 0.1) is 0 Å². The molecule has 1 amide bonds. The third-order valence-corrected chi connectivity index (χ3v) is 5.09. The molecule has 3 heterocycles. The second-order valence-corrected chi connectivity index (χ2v) is 6.84. The molecule has 0 aliphatic heterocycles. The third kappa shape index (κ3) is 3.65. The Morgan fingerprint density at radius 2 is 1.92 bits per heavy atom. The minimum absolute atomic E-state index is 0.0459. The van der Waals surface area contributed by atoms with Gasteiger partial charge in [0.15, 0.2) is 4.96 Å². The largest absolute Gasteiger partial charge is 0.352 e. The first-order chi connectivity index (χ1) is 12.8. The number of pyridine rings is 1. The lowest BCUT2D eigenvalue weighted by molar-refractivity contribution is -0.121. The first-order valence-corrected chi connectivity index (χ1v) is 9.34. The highest BCUT2D eigenvalue weighted by Gasteiger charge is 2.11. The van der Waals surface area contributed by atoms with E-state index in [1.807, 2.05) is 36.5 Å². The molecule has 3 aromatic heterocycles. The van der Waals surface area contributed by atoms with Crippen LogP contribution in [0.15, 0.2) is 66.4 Å². The number of hydrogen-bond donors (Lipinski definition) is 1. The van der Waals surface area contributed by atoms with E-state index in [0.29, 0.717) is 19.4 Å². The Hall–Kier alpha value is -2.99. The fourth-order valence-electron chi connectivity index (χ4n) is 2.79. The van der Waals surface area contributed by atoms with Gasteiger partial charge in [0.05, 0.1) is 5.69 Å². The Kier molecular flexibility index (Phi) is 4.75. The quantitative estimate of drug-likeness (QED) is 0.569. The van der Waals surface area contributed by atoms with E-state index in [4.69, 9.17) is 0 Å². The molecule has 0 atom stereocenters. The van der Waals surface area contributed by atoms with Crippen molar-refractivity contribution in [1.82, 2.24) is 19.7 Å². The van der Waals surface area contributed by atoms with Gasteiger partial charge in [0.25, 0.3) is 0 Å². The molecule has 130 valence electrons. The van der Waals surface area contributed by atoms with E-state index in [1.165, 1.54) is 0 Å². The predicted octanol–water partition coefficient (Wildman–Crippen LogP) is 3.71. The Balaban J connectivity index is 1.39. The van der Waals surface area contributed by atoms with Gasteiger partial charge >= 0.3 is 0 Å². The maximum atomic E-state index is 12.1. The number of hydrogen-bond acceptors (Lipinski definition) is 4. The van der Waals surface area contributed by atoms with E-state index in [0.717, 1.165) is 27.5 Å². The second kappa shape index (κ2) is 7.49.